The molecule has 0 amide bonds. The number of hydrogen-bond acceptors (Lipinski definition) is 5. The molecular weight excluding hydrogens is 324 g/mol. The molecule has 0 bridgehead atoms. The van der Waals surface area contributed by atoms with Crippen LogP contribution < -0.4 is 0 Å². The highest BCUT2D eigenvalue weighted by atomic mass is 15.2. The van der Waals surface area contributed by atoms with Crippen molar-refractivity contribution < 1.29 is 0 Å². The van der Waals surface area contributed by atoms with Crippen LogP contribution in [0.5, 0.6) is 0 Å². The van der Waals surface area contributed by atoms with Crippen molar-refractivity contribution in [2.45, 2.75) is 38.6 Å². The third-order valence-corrected chi connectivity index (χ3v) is 4.96. The van der Waals surface area contributed by atoms with Crippen LogP contribution in [-0.4, -0.2) is 42.5 Å². The minimum Gasteiger partial charge on any atom is -0.297 e. The van der Waals surface area contributed by atoms with E-state index in [1.165, 1.54) is 6.42 Å². The largest absolute Gasteiger partial charge is 0.297 e. The van der Waals surface area contributed by atoms with Crippen molar-refractivity contribution in [2.24, 2.45) is 0 Å². The van der Waals surface area contributed by atoms with Crippen molar-refractivity contribution in [3.05, 3.63) is 66.4 Å². The van der Waals surface area contributed by atoms with Crippen LogP contribution in [0.3, 0.4) is 0 Å². The van der Waals surface area contributed by atoms with Gasteiger partial charge in [-0.05, 0) is 31.5 Å². The molecular formula is C20H24N6. The highest BCUT2D eigenvalue weighted by Gasteiger charge is 2.23. The number of pyridine rings is 1. The summed E-state index contributed by atoms with van der Waals surface area (Å²) in [4.78, 5) is 20.7. The zero-order valence-corrected chi connectivity index (χ0v) is 15.1. The van der Waals surface area contributed by atoms with Crippen LogP contribution in [0.1, 0.15) is 42.9 Å². The van der Waals surface area contributed by atoms with Gasteiger partial charge >= 0.3 is 0 Å². The Balaban J connectivity index is 1.51. The van der Waals surface area contributed by atoms with Gasteiger partial charge in [0.05, 0.1) is 17.6 Å². The Kier molecular flexibility index (Phi) is 5.02. The maximum atomic E-state index is 4.91. The highest BCUT2D eigenvalue weighted by Crippen LogP contribution is 2.26. The van der Waals surface area contributed by atoms with E-state index in [0.717, 1.165) is 55.5 Å². The molecule has 1 unspecified atom stereocenters. The van der Waals surface area contributed by atoms with Crippen LogP contribution in [0.2, 0.25) is 0 Å². The molecule has 3 aromatic heterocycles. The fourth-order valence-corrected chi connectivity index (χ4v) is 3.65. The van der Waals surface area contributed by atoms with Crippen LogP contribution in [0.25, 0.3) is 5.82 Å². The van der Waals surface area contributed by atoms with Gasteiger partial charge in [-0.15, -0.1) is 0 Å². The van der Waals surface area contributed by atoms with E-state index < -0.39 is 0 Å². The molecule has 134 valence electrons. The van der Waals surface area contributed by atoms with E-state index in [9.17, 15) is 0 Å². The fraction of sp³-hybridized carbons (Fsp3) is 0.400. The van der Waals surface area contributed by atoms with Crippen LogP contribution in [0.15, 0.2) is 49.2 Å². The minimum absolute atomic E-state index is 0.411. The number of rotatable bonds is 5. The molecule has 26 heavy (non-hydrogen) atoms. The quantitative estimate of drug-likeness (QED) is 0.709. The molecule has 1 aliphatic rings. The summed E-state index contributed by atoms with van der Waals surface area (Å²) in [5.41, 5.74) is 2.20. The van der Waals surface area contributed by atoms with Gasteiger partial charge in [0.25, 0.3) is 0 Å². The predicted molar refractivity (Wildman–Crippen MR) is 100 cm³/mol. The monoisotopic (exact) mass is 348 g/mol. The van der Waals surface area contributed by atoms with Crippen molar-refractivity contribution in [3.8, 4) is 5.82 Å². The molecule has 3 aromatic rings. The second kappa shape index (κ2) is 7.74. The zero-order chi connectivity index (χ0) is 17.8. The SMILES string of the molecule is CCc1nccn1-c1cncc(C2CCCN(Cc3ccccn3)C2)n1. The Hall–Kier alpha value is -2.60. The van der Waals surface area contributed by atoms with Crippen molar-refractivity contribution in [3.63, 3.8) is 0 Å². The van der Waals surface area contributed by atoms with E-state index in [1.54, 1.807) is 0 Å². The summed E-state index contributed by atoms with van der Waals surface area (Å²) in [6, 6.07) is 6.11. The van der Waals surface area contributed by atoms with Gasteiger partial charge in [-0.1, -0.05) is 13.0 Å². The Morgan fingerprint density at radius 2 is 2.12 bits per heavy atom. The molecule has 4 heterocycles. The van der Waals surface area contributed by atoms with Gasteiger partial charge < -0.3 is 0 Å². The van der Waals surface area contributed by atoms with Gasteiger partial charge in [-0.3, -0.25) is 19.4 Å². The van der Waals surface area contributed by atoms with Gasteiger partial charge in [-0.2, -0.15) is 0 Å². The lowest BCUT2D eigenvalue weighted by Gasteiger charge is -2.32. The second-order valence-corrected chi connectivity index (χ2v) is 6.76. The van der Waals surface area contributed by atoms with Crippen LogP contribution in [-0.2, 0) is 13.0 Å². The first kappa shape index (κ1) is 16.8. The molecule has 0 aliphatic carbocycles. The van der Waals surface area contributed by atoms with Gasteiger partial charge in [0, 0.05) is 50.2 Å². The number of nitrogens with zero attached hydrogens (tertiary/aromatic N) is 6. The van der Waals surface area contributed by atoms with E-state index in [4.69, 9.17) is 4.98 Å². The first-order valence-corrected chi connectivity index (χ1v) is 9.30. The summed E-state index contributed by atoms with van der Waals surface area (Å²) in [7, 11) is 0. The molecule has 1 aliphatic heterocycles. The molecule has 6 nitrogen and oxygen atoms in total. The average molecular weight is 348 g/mol. The Morgan fingerprint density at radius 1 is 1.15 bits per heavy atom. The summed E-state index contributed by atoms with van der Waals surface area (Å²) in [6.07, 6.45) is 12.6. The Labute approximate surface area is 154 Å². The summed E-state index contributed by atoms with van der Waals surface area (Å²) in [5.74, 6) is 2.28. The minimum atomic E-state index is 0.411. The number of imidazole rings is 1. The van der Waals surface area contributed by atoms with Crippen molar-refractivity contribution in [1.82, 2.24) is 29.4 Å². The van der Waals surface area contributed by atoms with Crippen LogP contribution in [0.4, 0.5) is 0 Å². The van der Waals surface area contributed by atoms with Crippen LogP contribution >= 0.6 is 0 Å². The maximum Gasteiger partial charge on any atom is 0.156 e. The van der Waals surface area contributed by atoms with E-state index in [-0.39, 0.29) is 0 Å². The van der Waals surface area contributed by atoms with Gasteiger partial charge in [0.15, 0.2) is 5.82 Å². The molecule has 1 saturated heterocycles. The van der Waals surface area contributed by atoms with Crippen molar-refractivity contribution in [2.75, 3.05) is 13.1 Å². The normalized spacial score (nSPS) is 18.1. The van der Waals surface area contributed by atoms with Gasteiger partial charge in [0.1, 0.15) is 5.82 Å². The fourth-order valence-electron chi connectivity index (χ4n) is 3.65. The topological polar surface area (TPSA) is 59.7 Å². The lowest BCUT2D eigenvalue weighted by molar-refractivity contribution is 0.196. The molecule has 6 heteroatoms. The van der Waals surface area contributed by atoms with Crippen LogP contribution in [0, 0.1) is 0 Å². The predicted octanol–water partition coefficient (Wildman–Crippen LogP) is 3.00. The molecule has 0 saturated carbocycles. The number of likely N-dealkylation sites (tertiary alicyclic amines) is 1. The average Bonchev–Trinajstić information content (AvgIpc) is 3.18. The lowest BCUT2D eigenvalue weighted by Crippen LogP contribution is -2.34. The summed E-state index contributed by atoms with van der Waals surface area (Å²) in [6.45, 7) is 5.11. The third kappa shape index (κ3) is 3.65. The first-order chi connectivity index (χ1) is 12.8. The Bertz CT molecular complexity index is 844. The van der Waals surface area contributed by atoms with E-state index in [1.807, 2.05) is 41.6 Å². The molecule has 0 aromatic carbocycles. The molecule has 0 spiro atoms. The highest BCUT2D eigenvalue weighted by molar-refractivity contribution is 5.24. The smallest absolute Gasteiger partial charge is 0.156 e. The van der Waals surface area contributed by atoms with E-state index in [2.05, 4.69) is 38.9 Å². The van der Waals surface area contributed by atoms with E-state index in [0.29, 0.717) is 5.92 Å². The molecule has 1 fully saturated rings. The van der Waals surface area contributed by atoms with Gasteiger partial charge in [0.2, 0.25) is 0 Å². The lowest BCUT2D eigenvalue weighted by atomic mass is 9.95. The summed E-state index contributed by atoms with van der Waals surface area (Å²) < 4.78 is 2.03. The second-order valence-electron chi connectivity index (χ2n) is 6.76. The molecule has 0 N–H and O–H groups in total. The number of aromatic nitrogens is 5. The number of aryl methyl sites for hydroxylation is 1. The van der Waals surface area contributed by atoms with E-state index >= 15 is 0 Å². The van der Waals surface area contributed by atoms with Crippen molar-refractivity contribution in [1.29, 1.82) is 0 Å². The molecule has 1 atom stereocenters. The Morgan fingerprint density at radius 3 is 2.96 bits per heavy atom. The number of hydrogen-bond donors (Lipinski definition) is 0. The summed E-state index contributed by atoms with van der Waals surface area (Å²) in [5, 5.41) is 0. The maximum absolute atomic E-state index is 4.91. The number of piperidine rings is 1. The molecule has 4 rings (SSSR count). The first-order valence-electron chi connectivity index (χ1n) is 9.30. The standard InChI is InChI=1S/C20H24N6/c1-2-19-23-9-11-26(19)20-13-21-12-18(24-20)16-6-5-10-25(14-16)15-17-7-3-4-8-22-17/h3-4,7-9,11-13,16H,2,5-6,10,14-15H2,1H3. The summed E-state index contributed by atoms with van der Waals surface area (Å²) >= 11 is 0. The third-order valence-electron chi connectivity index (χ3n) is 4.96. The van der Waals surface area contributed by atoms with Gasteiger partial charge in [-0.25, -0.2) is 9.97 Å². The molecule has 0 radical (unpaired) electrons. The zero-order valence-electron chi connectivity index (χ0n) is 15.1. The van der Waals surface area contributed by atoms with Crippen molar-refractivity contribution >= 4 is 0 Å².